The van der Waals surface area contributed by atoms with E-state index < -0.39 is 29.3 Å². The zero-order valence-electron chi connectivity index (χ0n) is 10.9. The van der Waals surface area contributed by atoms with Gasteiger partial charge in [-0.25, -0.2) is 0 Å². The van der Waals surface area contributed by atoms with Gasteiger partial charge in [-0.15, -0.1) is 0 Å². The number of hydrogen-bond acceptors (Lipinski definition) is 4. The van der Waals surface area contributed by atoms with E-state index in [0.29, 0.717) is 6.61 Å². The number of carboxylic acid groups (broad SMARTS) is 2. The molecule has 1 aliphatic carbocycles. The molecule has 3 atom stereocenters. The molecule has 2 rings (SSSR count). The van der Waals surface area contributed by atoms with E-state index in [1.165, 1.54) is 0 Å². The van der Waals surface area contributed by atoms with E-state index in [1.54, 1.807) is 0 Å². The lowest BCUT2D eigenvalue weighted by atomic mass is 10.0. The summed E-state index contributed by atoms with van der Waals surface area (Å²) in [5.74, 6) is -2.80. The molecule has 1 fully saturated rings. The number of nitrogens with two attached hydrogens (primary N) is 1. The fraction of sp³-hybridized carbons (Fsp3) is 0.429. The van der Waals surface area contributed by atoms with Crippen LogP contribution in [0, 0.1) is 11.3 Å². The molecular weight excluding hydrogens is 262 g/mol. The molecule has 1 aromatic carbocycles. The Kier molecular flexibility index (Phi) is 4.06. The van der Waals surface area contributed by atoms with Crippen LogP contribution in [0.25, 0.3) is 0 Å². The maximum absolute atomic E-state index is 11.3. The van der Waals surface area contributed by atoms with Gasteiger partial charge in [0.25, 0.3) is 0 Å². The summed E-state index contributed by atoms with van der Waals surface area (Å²) in [6.45, 7) is 0.272. The molecular formula is C14H17NO5. The second kappa shape index (κ2) is 5.60. The number of ether oxygens (including phenoxy) is 1. The van der Waals surface area contributed by atoms with E-state index >= 15 is 0 Å². The lowest BCUT2D eigenvalue weighted by Gasteiger charge is -2.15. The van der Waals surface area contributed by atoms with Crippen LogP contribution in [0.4, 0.5) is 0 Å². The molecule has 0 aliphatic heterocycles. The third-order valence-corrected chi connectivity index (χ3v) is 3.75. The van der Waals surface area contributed by atoms with E-state index in [-0.39, 0.29) is 13.0 Å². The second-order valence-corrected chi connectivity index (χ2v) is 5.11. The Bertz CT molecular complexity index is 504. The van der Waals surface area contributed by atoms with Gasteiger partial charge in [0.1, 0.15) is 6.04 Å². The molecule has 0 unspecified atom stereocenters. The van der Waals surface area contributed by atoms with Crippen LogP contribution >= 0.6 is 0 Å². The lowest BCUT2D eigenvalue weighted by Crippen LogP contribution is -2.37. The molecule has 0 spiro atoms. The Morgan fingerprint density at radius 1 is 1.35 bits per heavy atom. The minimum atomic E-state index is -1.18. The average molecular weight is 279 g/mol. The van der Waals surface area contributed by atoms with Crippen molar-refractivity contribution in [2.24, 2.45) is 17.1 Å². The molecule has 0 aromatic heterocycles. The lowest BCUT2D eigenvalue weighted by molar-refractivity contribution is -0.147. The third kappa shape index (κ3) is 2.81. The Morgan fingerprint density at radius 2 is 2.00 bits per heavy atom. The topological polar surface area (TPSA) is 110 Å². The van der Waals surface area contributed by atoms with Gasteiger partial charge in [0, 0.05) is 5.92 Å². The predicted molar refractivity (Wildman–Crippen MR) is 69.9 cm³/mol. The normalized spacial score (nSPS) is 25.9. The zero-order chi connectivity index (χ0) is 14.8. The van der Waals surface area contributed by atoms with Crippen molar-refractivity contribution < 1.29 is 24.5 Å². The van der Waals surface area contributed by atoms with Crippen LogP contribution in [0.3, 0.4) is 0 Å². The van der Waals surface area contributed by atoms with Gasteiger partial charge in [-0.2, -0.15) is 0 Å². The van der Waals surface area contributed by atoms with Crippen molar-refractivity contribution in [2.75, 3.05) is 6.61 Å². The Labute approximate surface area is 116 Å². The smallest absolute Gasteiger partial charge is 0.320 e. The van der Waals surface area contributed by atoms with Crippen molar-refractivity contribution in [1.82, 2.24) is 0 Å². The van der Waals surface area contributed by atoms with Gasteiger partial charge >= 0.3 is 11.9 Å². The molecule has 0 radical (unpaired) electrons. The molecule has 6 heteroatoms. The highest BCUT2D eigenvalue weighted by molar-refractivity contribution is 5.83. The van der Waals surface area contributed by atoms with Gasteiger partial charge in [0.15, 0.2) is 0 Å². The zero-order valence-corrected chi connectivity index (χ0v) is 10.9. The van der Waals surface area contributed by atoms with Crippen molar-refractivity contribution in [3.8, 4) is 0 Å². The minimum absolute atomic E-state index is 0.0249. The van der Waals surface area contributed by atoms with Crippen molar-refractivity contribution in [2.45, 2.75) is 19.1 Å². The molecule has 1 saturated carbocycles. The summed E-state index contributed by atoms with van der Waals surface area (Å²) < 4.78 is 5.44. The largest absolute Gasteiger partial charge is 0.481 e. The number of carboxylic acids is 2. The summed E-state index contributed by atoms with van der Waals surface area (Å²) in [5, 5.41) is 18.1. The Balaban J connectivity index is 1.92. The second-order valence-electron chi connectivity index (χ2n) is 5.11. The summed E-state index contributed by atoms with van der Waals surface area (Å²) >= 11 is 0. The molecule has 0 heterocycles. The van der Waals surface area contributed by atoms with E-state index in [2.05, 4.69) is 0 Å². The van der Waals surface area contributed by atoms with Crippen molar-refractivity contribution in [3.63, 3.8) is 0 Å². The van der Waals surface area contributed by atoms with Crippen LogP contribution in [0.15, 0.2) is 30.3 Å². The van der Waals surface area contributed by atoms with Gasteiger partial charge < -0.3 is 20.7 Å². The van der Waals surface area contributed by atoms with Crippen LogP contribution in [0.2, 0.25) is 0 Å². The van der Waals surface area contributed by atoms with Gasteiger partial charge in [-0.05, 0) is 12.0 Å². The molecule has 20 heavy (non-hydrogen) atoms. The summed E-state index contributed by atoms with van der Waals surface area (Å²) in [7, 11) is 0. The molecule has 0 bridgehead atoms. The monoisotopic (exact) mass is 279 g/mol. The molecule has 108 valence electrons. The highest BCUT2D eigenvalue weighted by Gasteiger charge is 2.64. The molecule has 6 nitrogen and oxygen atoms in total. The quantitative estimate of drug-likeness (QED) is 0.678. The first-order valence-electron chi connectivity index (χ1n) is 6.31. The van der Waals surface area contributed by atoms with Gasteiger partial charge in [-0.3, -0.25) is 9.59 Å². The number of carbonyl (C=O) groups is 2. The first-order valence-corrected chi connectivity index (χ1v) is 6.31. The van der Waals surface area contributed by atoms with Crippen LogP contribution in [0.5, 0.6) is 0 Å². The number of hydrogen-bond donors (Lipinski definition) is 3. The maximum Gasteiger partial charge on any atom is 0.320 e. The summed E-state index contributed by atoms with van der Waals surface area (Å²) in [5.41, 5.74) is 5.28. The van der Waals surface area contributed by atoms with Crippen LogP contribution in [-0.4, -0.2) is 34.8 Å². The predicted octanol–water partition coefficient (Wildman–Crippen LogP) is 0.706. The summed E-state index contributed by atoms with van der Waals surface area (Å²) in [6, 6.07) is 8.20. The van der Waals surface area contributed by atoms with Crippen LogP contribution in [-0.2, 0) is 20.9 Å². The molecule has 0 amide bonds. The van der Waals surface area contributed by atoms with Crippen molar-refractivity contribution >= 4 is 11.9 Å². The third-order valence-electron chi connectivity index (χ3n) is 3.75. The standard InChI is InChI=1S/C14H17NO5/c15-11(12(16)17)10-6-14(10,13(18)19)8-20-7-9-4-2-1-3-5-9/h1-5,10-11H,6-8,15H2,(H,16,17)(H,18,19)/t10-,11-,14+/m0/s1. The van der Waals surface area contributed by atoms with Crippen LogP contribution < -0.4 is 5.73 Å². The fourth-order valence-corrected chi connectivity index (χ4v) is 2.38. The van der Waals surface area contributed by atoms with Gasteiger partial charge in [0.2, 0.25) is 0 Å². The van der Waals surface area contributed by atoms with Crippen molar-refractivity contribution in [3.05, 3.63) is 35.9 Å². The van der Waals surface area contributed by atoms with Gasteiger partial charge in [-0.1, -0.05) is 30.3 Å². The highest BCUT2D eigenvalue weighted by atomic mass is 16.5. The summed E-state index contributed by atoms with van der Waals surface area (Å²) in [6.07, 6.45) is 0.241. The number of benzene rings is 1. The maximum atomic E-state index is 11.3. The SMILES string of the molecule is N[C@H](C(=O)O)[C@@H]1C[C@]1(COCc1ccccc1)C(=O)O. The van der Waals surface area contributed by atoms with E-state index in [1.807, 2.05) is 30.3 Å². The Hall–Kier alpha value is -1.92. The average Bonchev–Trinajstić information content (AvgIpc) is 3.15. The molecule has 4 N–H and O–H groups in total. The first kappa shape index (κ1) is 14.5. The number of rotatable bonds is 7. The van der Waals surface area contributed by atoms with E-state index in [9.17, 15) is 14.7 Å². The minimum Gasteiger partial charge on any atom is -0.481 e. The fourth-order valence-electron chi connectivity index (χ4n) is 2.38. The highest BCUT2D eigenvalue weighted by Crippen LogP contribution is 2.54. The van der Waals surface area contributed by atoms with E-state index in [0.717, 1.165) is 5.56 Å². The summed E-state index contributed by atoms with van der Waals surface area (Å²) in [4.78, 5) is 22.2. The number of aliphatic carboxylic acids is 2. The first-order chi connectivity index (χ1) is 9.47. The van der Waals surface area contributed by atoms with Gasteiger partial charge in [0.05, 0.1) is 18.6 Å². The molecule has 1 aromatic rings. The molecule has 1 aliphatic rings. The Morgan fingerprint density at radius 3 is 2.55 bits per heavy atom. The van der Waals surface area contributed by atoms with Crippen molar-refractivity contribution in [1.29, 1.82) is 0 Å². The van der Waals surface area contributed by atoms with E-state index in [4.69, 9.17) is 15.6 Å². The van der Waals surface area contributed by atoms with Crippen LogP contribution in [0.1, 0.15) is 12.0 Å². The molecule has 0 saturated heterocycles.